The Hall–Kier alpha value is -1.52. The van der Waals surface area contributed by atoms with Gasteiger partial charge in [0.2, 0.25) is 0 Å². The quantitative estimate of drug-likeness (QED) is 0.816. The van der Waals surface area contributed by atoms with Gasteiger partial charge in [-0.25, -0.2) is 0 Å². The average Bonchev–Trinajstić information content (AvgIpc) is 2.72. The number of nitrogens with zero attached hydrogens (tertiary/aromatic N) is 2. The Balaban J connectivity index is 1.83. The Bertz CT molecular complexity index is 549. The fraction of sp³-hybridized carbons (Fsp3) is 0.429. The monoisotopic (exact) mass is 245 g/mol. The van der Waals surface area contributed by atoms with Crippen molar-refractivity contribution in [3.8, 4) is 0 Å². The Kier molecular flexibility index (Phi) is 2.97. The number of anilines is 1. The molecular formula is C14H19N3O. The molecule has 96 valence electrons. The molecule has 4 heteroatoms. The van der Waals surface area contributed by atoms with Crippen LogP contribution in [0.4, 0.5) is 5.69 Å². The molecule has 1 aliphatic rings. The molecule has 1 saturated heterocycles. The second-order valence-corrected chi connectivity index (χ2v) is 5.04. The largest absolute Gasteiger partial charge is 0.399 e. The molecule has 18 heavy (non-hydrogen) atoms. The highest BCUT2D eigenvalue weighted by atomic mass is 16.5. The van der Waals surface area contributed by atoms with Gasteiger partial charge in [-0.2, -0.15) is 0 Å². The van der Waals surface area contributed by atoms with Gasteiger partial charge in [0.25, 0.3) is 0 Å². The van der Waals surface area contributed by atoms with Crippen molar-refractivity contribution in [2.75, 3.05) is 32.5 Å². The number of hydrogen-bond donors (Lipinski definition) is 1. The van der Waals surface area contributed by atoms with Crippen molar-refractivity contribution in [2.45, 2.75) is 12.6 Å². The maximum Gasteiger partial charge on any atom is 0.0881 e. The summed E-state index contributed by atoms with van der Waals surface area (Å²) in [4.78, 5) is 2.31. The molecule has 1 fully saturated rings. The zero-order valence-electron chi connectivity index (χ0n) is 10.7. The van der Waals surface area contributed by atoms with E-state index in [2.05, 4.69) is 34.8 Å². The standard InChI is InChI=1S/C14H19N3O/c1-16-6-7-18-13(9-16)10-17-5-4-11-2-3-12(15)8-14(11)17/h2-5,8,13H,6-7,9-10,15H2,1H3. The third-order valence-electron chi connectivity index (χ3n) is 3.54. The summed E-state index contributed by atoms with van der Waals surface area (Å²) in [5.41, 5.74) is 7.85. The zero-order chi connectivity index (χ0) is 12.5. The molecular weight excluding hydrogens is 226 g/mol. The number of fused-ring (bicyclic) bond motifs is 1. The first kappa shape index (κ1) is 11.6. The van der Waals surface area contributed by atoms with Gasteiger partial charge in [0, 0.05) is 25.0 Å². The van der Waals surface area contributed by atoms with Gasteiger partial charge in [0.1, 0.15) is 0 Å². The number of hydrogen-bond acceptors (Lipinski definition) is 3. The minimum Gasteiger partial charge on any atom is -0.399 e. The Morgan fingerprint density at radius 2 is 2.28 bits per heavy atom. The van der Waals surface area contributed by atoms with Crippen LogP contribution < -0.4 is 5.73 Å². The first-order valence-corrected chi connectivity index (χ1v) is 6.37. The molecule has 1 unspecified atom stereocenters. The van der Waals surface area contributed by atoms with E-state index in [1.807, 2.05) is 12.1 Å². The van der Waals surface area contributed by atoms with Crippen LogP contribution in [0.25, 0.3) is 10.9 Å². The highest BCUT2D eigenvalue weighted by Gasteiger charge is 2.18. The molecule has 3 rings (SSSR count). The molecule has 2 heterocycles. The van der Waals surface area contributed by atoms with Crippen LogP contribution in [0.2, 0.25) is 0 Å². The maximum absolute atomic E-state index is 5.85. The predicted molar refractivity (Wildman–Crippen MR) is 73.6 cm³/mol. The second kappa shape index (κ2) is 4.63. The minimum absolute atomic E-state index is 0.265. The minimum atomic E-state index is 0.265. The molecule has 2 N–H and O–H groups in total. The number of nitrogen functional groups attached to an aromatic ring is 1. The molecule has 0 aliphatic carbocycles. The van der Waals surface area contributed by atoms with Crippen LogP contribution in [0.15, 0.2) is 30.5 Å². The van der Waals surface area contributed by atoms with Crippen LogP contribution in [0, 0.1) is 0 Å². The first-order chi connectivity index (χ1) is 8.72. The molecule has 1 aromatic heterocycles. The van der Waals surface area contributed by atoms with E-state index in [1.165, 1.54) is 10.9 Å². The zero-order valence-corrected chi connectivity index (χ0v) is 10.7. The van der Waals surface area contributed by atoms with Gasteiger partial charge < -0.3 is 19.9 Å². The molecule has 0 radical (unpaired) electrons. The summed E-state index contributed by atoms with van der Waals surface area (Å²) in [5, 5.41) is 1.23. The molecule has 0 saturated carbocycles. The van der Waals surface area contributed by atoms with Crippen LogP contribution in [0.1, 0.15) is 0 Å². The van der Waals surface area contributed by atoms with Crippen molar-refractivity contribution in [2.24, 2.45) is 0 Å². The summed E-state index contributed by atoms with van der Waals surface area (Å²) in [6, 6.07) is 8.16. The number of ether oxygens (including phenoxy) is 1. The van der Waals surface area contributed by atoms with Crippen molar-refractivity contribution >= 4 is 16.6 Å². The van der Waals surface area contributed by atoms with Crippen LogP contribution >= 0.6 is 0 Å². The molecule has 1 atom stereocenters. The van der Waals surface area contributed by atoms with Gasteiger partial charge in [-0.3, -0.25) is 0 Å². The highest BCUT2D eigenvalue weighted by molar-refractivity contribution is 5.83. The smallest absolute Gasteiger partial charge is 0.0881 e. The summed E-state index contributed by atoms with van der Waals surface area (Å²) >= 11 is 0. The van der Waals surface area contributed by atoms with Crippen molar-refractivity contribution in [1.29, 1.82) is 0 Å². The number of nitrogens with two attached hydrogens (primary N) is 1. The highest BCUT2D eigenvalue weighted by Crippen LogP contribution is 2.20. The van der Waals surface area contributed by atoms with E-state index in [0.717, 1.165) is 31.9 Å². The summed E-state index contributed by atoms with van der Waals surface area (Å²) in [5.74, 6) is 0. The van der Waals surface area contributed by atoms with E-state index < -0.39 is 0 Å². The lowest BCUT2D eigenvalue weighted by Gasteiger charge is -2.30. The first-order valence-electron chi connectivity index (χ1n) is 6.37. The van der Waals surface area contributed by atoms with Gasteiger partial charge in [0.15, 0.2) is 0 Å². The fourth-order valence-corrected chi connectivity index (χ4v) is 2.56. The topological polar surface area (TPSA) is 43.4 Å². The fourth-order valence-electron chi connectivity index (χ4n) is 2.56. The summed E-state index contributed by atoms with van der Waals surface area (Å²) in [7, 11) is 2.14. The van der Waals surface area contributed by atoms with Crippen molar-refractivity contribution in [3.63, 3.8) is 0 Å². The maximum atomic E-state index is 5.85. The molecule has 1 aromatic carbocycles. The van der Waals surface area contributed by atoms with Crippen LogP contribution in [-0.4, -0.2) is 42.3 Å². The average molecular weight is 245 g/mol. The lowest BCUT2D eigenvalue weighted by molar-refractivity contribution is -0.0269. The lowest BCUT2D eigenvalue weighted by atomic mass is 10.2. The Morgan fingerprint density at radius 1 is 1.39 bits per heavy atom. The van der Waals surface area contributed by atoms with E-state index in [0.29, 0.717) is 0 Å². The third-order valence-corrected chi connectivity index (χ3v) is 3.54. The Labute approximate surface area is 107 Å². The molecule has 0 amide bonds. The van der Waals surface area contributed by atoms with Gasteiger partial charge in [0.05, 0.1) is 24.8 Å². The van der Waals surface area contributed by atoms with E-state index in [1.54, 1.807) is 0 Å². The molecule has 2 aromatic rings. The number of benzene rings is 1. The summed E-state index contributed by atoms with van der Waals surface area (Å²) in [6.45, 7) is 3.72. The summed E-state index contributed by atoms with van der Waals surface area (Å²) < 4.78 is 8.04. The SMILES string of the molecule is CN1CCOC(Cn2ccc3ccc(N)cc32)C1. The predicted octanol–water partition coefficient (Wildman–Crippen LogP) is 1.55. The normalized spacial score (nSPS) is 21.5. The van der Waals surface area contributed by atoms with Crippen molar-refractivity contribution in [1.82, 2.24) is 9.47 Å². The second-order valence-electron chi connectivity index (χ2n) is 5.04. The van der Waals surface area contributed by atoms with Crippen LogP contribution in [-0.2, 0) is 11.3 Å². The van der Waals surface area contributed by atoms with E-state index >= 15 is 0 Å². The van der Waals surface area contributed by atoms with Crippen LogP contribution in [0.3, 0.4) is 0 Å². The number of aromatic nitrogens is 1. The van der Waals surface area contributed by atoms with Crippen molar-refractivity contribution in [3.05, 3.63) is 30.5 Å². The molecule has 4 nitrogen and oxygen atoms in total. The van der Waals surface area contributed by atoms with Crippen molar-refractivity contribution < 1.29 is 4.74 Å². The van der Waals surface area contributed by atoms with E-state index in [-0.39, 0.29) is 6.10 Å². The van der Waals surface area contributed by atoms with Gasteiger partial charge in [-0.05, 0) is 30.6 Å². The number of morpholine rings is 1. The van der Waals surface area contributed by atoms with E-state index in [9.17, 15) is 0 Å². The number of rotatable bonds is 2. The van der Waals surface area contributed by atoms with Gasteiger partial charge >= 0.3 is 0 Å². The molecule has 0 spiro atoms. The van der Waals surface area contributed by atoms with Gasteiger partial charge in [-0.15, -0.1) is 0 Å². The third kappa shape index (κ3) is 2.21. The summed E-state index contributed by atoms with van der Waals surface area (Å²) in [6.07, 6.45) is 2.38. The van der Waals surface area contributed by atoms with Gasteiger partial charge in [-0.1, -0.05) is 6.07 Å². The lowest BCUT2D eigenvalue weighted by Crippen LogP contribution is -2.41. The number of likely N-dealkylation sites (N-methyl/N-ethyl adjacent to an activating group) is 1. The Morgan fingerprint density at radius 3 is 3.11 bits per heavy atom. The molecule has 0 bridgehead atoms. The van der Waals surface area contributed by atoms with E-state index in [4.69, 9.17) is 10.5 Å². The van der Waals surface area contributed by atoms with Crippen LogP contribution in [0.5, 0.6) is 0 Å². The molecule has 1 aliphatic heterocycles.